The first-order valence-corrected chi connectivity index (χ1v) is 10.2. The normalized spacial score (nSPS) is 11.1. The summed E-state index contributed by atoms with van der Waals surface area (Å²) in [5.74, 6) is -0.567. The van der Waals surface area contributed by atoms with Gasteiger partial charge in [0, 0.05) is 7.05 Å². The lowest BCUT2D eigenvalue weighted by atomic mass is 10.1. The van der Waals surface area contributed by atoms with E-state index < -0.39 is 16.0 Å². The van der Waals surface area contributed by atoms with Crippen molar-refractivity contribution < 1.29 is 17.9 Å². The van der Waals surface area contributed by atoms with E-state index in [-0.39, 0.29) is 17.1 Å². The number of rotatable bonds is 6. The van der Waals surface area contributed by atoms with Gasteiger partial charge in [0.05, 0.1) is 16.1 Å². The van der Waals surface area contributed by atoms with E-state index >= 15 is 0 Å². The van der Waals surface area contributed by atoms with Crippen LogP contribution in [0.1, 0.15) is 21.5 Å². The molecule has 0 spiro atoms. The maximum atomic E-state index is 12.9. The average molecular weight is 395 g/mol. The number of ether oxygens (including phenoxy) is 1. The summed E-state index contributed by atoms with van der Waals surface area (Å²) in [5, 5.41) is 0. The molecule has 0 aliphatic heterocycles. The van der Waals surface area contributed by atoms with Gasteiger partial charge in [-0.25, -0.2) is 13.2 Å². The fourth-order valence-electron chi connectivity index (χ4n) is 2.72. The first-order chi connectivity index (χ1) is 13.4. The zero-order chi connectivity index (χ0) is 20.1. The maximum Gasteiger partial charge on any atom is 0.338 e. The van der Waals surface area contributed by atoms with Gasteiger partial charge in [0.25, 0.3) is 10.0 Å². The minimum absolute atomic E-state index is 0.0317. The van der Waals surface area contributed by atoms with Gasteiger partial charge in [-0.2, -0.15) is 0 Å². The van der Waals surface area contributed by atoms with Gasteiger partial charge in [-0.3, -0.25) is 4.31 Å². The number of carbonyl (C=O) groups excluding carboxylic acids is 1. The third kappa shape index (κ3) is 4.23. The highest BCUT2D eigenvalue weighted by Gasteiger charge is 2.22. The van der Waals surface area contributed by atoms with Gasteiger partial charge in [0.1, 0.15) is 6.61 Å². The first kappa shape index (κ1) is 19.6. The number of hydrogen-bond acceptors (Lipinski definition) is 4. The lowest BCUT2D eigenvalue weighted by Gasteiger charge is -2.19. The summed E-state index contributed by atoms with van der Waals surface area (Å²) in [6.45, 7) is 2.07. The van der Waals surface area contributed by atoms with Crippen molar-refractivity contribution in [2.45, 2.75) is 18.4 Å². The third-order valence-corrected chi connectivity index (χ3v) is 6.25. The van der Waals surface area contributed by atoms with Gasteiger partial charge >= 0.3 is 5.97 Å². The van der Waals surface area contributed by atoms with E-state index in [1.165, 1.54) is 29.6 Å². The molecule has 6 heteroatoms. The molecule has 0 saturated heterocycles. The Labute approximate surface area is 165 Å². The van der Waals surface area contributed by atoms with Crippen LogP contribution in [0.3, 0.4) is 0 Å². The Balaban J connectivity index is 1.79. The van der Waals surface area contributed by atoms with Gasteiger partial charge in [-0.15, -0.1) is 0 Å². The van der Waals surface area contributed by atoms with Gasteiger partial charge in [-0.05, 0) is 48.4 Å². The zero-order valence-corrected chi connectivity index (χ0v) is 16.5. The Morgan fingerprint density at radius 1 is 0.929 bits per heavy atom. The Kier molecular flexibility index (Phi) is 5.80. The van der Waals surface area contributed by atoms with E-state index in [2.05, 4.69) is 0 Å². The van der Waals surface area contributed by atoms with Crippen molar-refractivity contribution in [1.82, 2.24) is 0 Å². The summed E-state index contributed by atoms with van der Waals surface area (Å²) in [7, 11) is -2.32. The van der Waals surface area contributed by atoms with Crippen molar-refractivity contribution in [3.8, 4) is 0 Å². The fourth-order valence-corrected chi connectivity index (χ4v) is 3.96. The molecule has 0 unspecified atom stereocenters. The van der Waals surface area contributed by atoms with Crippen molar-refractivity contribution in [3.05, 3.63) is 95.6 Å². The molecule has 3 aromatic carbocycles. The summed E-state index contributed by atoms with van der Waals surface area (Å²) >= 11 is 0. The van der Waals surface area contributed by atoms with Crippen LogP contribution in [0.4, 0.5) is 5.69 Å². The van der Waals surface area contributed by atoms with E-state index in [1.54, 1.807) is 30.3 Å². The maximum absolute atomic E-state index is 12.9. The third-order valence-electron chi connectivity index (χ3n) is 4.47. The molecule has 0 N–H and O–H groups in total. The Hall–Kier alpha value is -3.12. The molecule has 0 heterocycles. The van der Waals surface area contributed by atoms with Crippen LogP contribution in [0.25, 0.3) is 0 Å². The van der Waals surface area contributed by atoms with Crippen LogP contribution < -0.4 is 4.31 Å². The largest absolute Gasteiger partial charge is 0.457 e. The lowest BCUT2D eigenvalue weighted by Crippen LogP contribution is -2.26. The summed E-state index contributed by atoms with van der Waals surface area (Å²) in [6.07, 6.45) is 0. The van der Waals surface area contributed by atoms with Crippen LogP contribution in [-0.4, -0.2) is 21.4 Å². The second-order valence-electron chi connectivity index (χ2n) is 6.34. The summed E-state index contributed by atoms with van der Waals surface area (Å²) in [4.78, 5) is 12.4. The molecular formula is C22H21NO4S. The highest BCUT2D eigenvalue weighted by atomic mass is 32.2. The summed E-state index contributed by atoms with van der Waals surface area (Å²) in [5.41, 5.74) is 2.66. The number of hydrogen-bond donors (Lipinski definition) is 0. The molecule has 0 aliphatic carbocycles. The van der Waals surface area contributed by atoms with Crippen molar-refractivity contribution in [3.63, 3.8) is 0 Å². The second-order valence-corrected chi connectivity index (χ2v) is 8.31. The number of nitrogens with zero attached hydrogens (tertiary/aromatic N) is 1. The topological polar surface area (TPSA) is 63.7 Å². The number of sulfonamides is 1. The number of aryl methyl sites for hydroxylation is 1. The van der Waals surface area contributed by atoms with Gasteiger partial charge in [0.2, 0.25) is 0 Å². The number of para-hydroxylation sites is 1. The molecule has 3 rings (SSSR count). The van der Waals surface area contributed by atoms with Gasteiger partial charge in [0.15, 0.2) is 0 Å². The molecule has 0 atom stereocenters. The SMILES string of the molecule is Cc1ccccc1COC(=O)c1cccc(S(=O)(=O)N(C)c2ccccc2)c1. The Morgan fingerprint density at radius 3 is 2.32 bits per heavy atom. The van der Waals surface area contributed by atoms with Gasteiger partial charge in [-0.1, -0.05) is 48.5 Å². The van der Waals surface area contributed by atoms with E-state index in [0.717, 1.165) is 11.1 Å². The monoisotopic (exact) mass is 395 g/mol. The van der Waals surface area contributed by atoms with E-state index in [1.807, 2.05) is 37.3 Å². The molecule has 0 aromatic heterocycles. The number of benzene rings is 3. The van der Waals surface area contributed by atoms with E-state index in [0.29, 0.717) is 5.69 Å². The Morgan fingerprint density at radius 2 is 1.61 bits per heavy atom. The standard InChI is InChI=1S/C22H21NO4S/c1-17-9-6-7-10-19(17)16-27-22(24)18-11-8-14-21(15-18)28(25,26)23(2)20-12-4-3-5-13-20/h3-15H,16H2,1-2H3. The molecule has 0 amide bonds. The highest BCUT2D eigenvalue weighted by molar-refractivity contribution is 7.92. The number of anilines is 1. The van der Waals surface area contributed by atoms with E-state index in [4.69, 9.17) is 4.74 Å². The molecule has 3 aromatic rings. The molecule has 0 aliphatic rings. The van der Waals surface area contributed by atoms with Crippen LogP contribution in [0, 0.1) is 6.92 Å². The van der Waals surface area contributed by atoms with Crippen molar-refractivity contribution >= 4 is 21.7 Å². The smallest absolute Gasteiger partial charge is 0.338 e. The van der Waals surface area contributed by atoms with Gasteiger partial charge < -0.3 is 4.74 Å². The van der Waals surface area contributed by atoms with E-state index in [9.17, 15) is 13.2 Å². The van der Waals surface area contributed by atoms with Crippen LogP contribution in [0.5, 0.6) is 0 Å². The van der Waals surface area contributed by atoms with Crippen molar-refractivity contribution in [2.24, 2.45) is 0 Å². The fraction of sp³-hybridized carbons (Fsp3) is 0.136. The quantitative estimate of drug-likeness (QED) is 0.588. The van der Waals surface area contributed by atoms with Crippen LogP contribution in [0.15, 0.2) is 83.8 Å². The molecule has 0 radical (unpaired) electrons. The van der Waals surface area contributed by atoms with Crippen LogP contribution in [-0.2, 0) is 21.4 Å². The lowest BCUT2D eigenvalue weighted by molar-refractivity contribution is 0.0472. The molecule has 144 valence electrons. The number of esters is 1. The average Bonchev–Trinajstić information content (AvgIpc) is 2.73. The summed E-state index contributed by atoms with van der Waals surface area (Å²) < 4.78 is 32.4. The Bertz CT molecular complexity index is 1080. The molecule has 0 bridgehead atoms. The molecule has 0 fully saturated rings. The molecular weight excluding hydrogens is 374 g/mol. The molecule has 5 nitrogen and oxygen atoms in total. The van der Waals surface area contributed by atoms with Crippen LogP contribution >= 0.6 is 0 Å². The minimum atomic E-state index is -3.80. The van der Waals surface area contributed by atoms with Crippen LogP contribution in [0.2, 0.25) is 0 Å². The molecule has 0 saturated carbocycles. The predicted octanol–water partition coefficient (Wildman–Crippen LogP) is 4.18. The number of carbonyl (C=O) groups is 1. The first-order valence-electron chi connectivity index (χ1n) is 8.75. The summed E-state index contributed by atoms with van der Waals surface area (Å²) in [6, 6.07) is 22.3. The minimum Gasteiger partial charge on any atom is -0.457 e. The zero-order valence-electron chi connectivity index (χ0n) is 15.7. The highest BCUT2D eigenvalue weighted by Crippen LogP contribution is 2.22. The van der Waals surface area contributed by atoms with Crippen molar-refractivity contribution in [1.29, 1.82) is 0 Å². The molecule has 28 heavy (non-hydrogen) atoms. The second kappa shape index (κ2) is 8.27. The van der Waals surface area contributed by atoms with Crippen molar-refractivity contribution in [2.75, 3.05) is 11.4 Å². The predicted molar refractivity (Wildman–Crippen MR) is 109 cm³/mol.